The van der Waals surface area contributed by atoms with Crippen LogP contribution in [0.25, 0.3) is 0 Å². The van der Waals surface area contributed by atoms with E-state index in [4.69, 9.17) is 17.3 Å². The summed E-state index contributed by atoms with van der Waals surface area (Å²) >= 11 is 6.00. The van der Waals surface area contributed by atoms with Gasteiger partial charge in [-0.05, 0) is 37.5 Å². The van der Waals surface area contributed by atoms with Gasteiger partial charge in [-0.2, -0.15) is 4.31 Å². The Morgan fingerprint density at radius 1 is 1.29 bits per heavy atom. The van der Waals surface area contributed by atoms with Crippen molar-refractivity contribution in [2.75, 3.05) is 18.8 Å². The third-order valence-electron chi connectivity index (χ3n) is 3.00. The first-order valence-electron chi connectivity index (χ1n) is 5.48. The molecule has 1 aliphatic heterocycles. The minimum atomic E-state index is -3.49. The van der Waals surface area contributed by atoms with Crippen molar-refractivity contribution in [3.63, 3.8) is 0 Å². The summed E-state index contributed by atoms with van der Waals surface area (Å²) in [4.78, 5) is 0.115. The lowest BCUT2D eigenvalue weighted by molar-refractivity contribution is 0.477. The van der Waals surface area contributed by atoms with Gasteiger partial charge in [0.15, 0.2) is 0 Å². The van der Waals surface area contributed by atoms with Crippen LogP contribution in [0.5, 0.6) is 0 Å². The Labute approximate surface area is 106 Å². The van der Waals surface area contributed by atoms with Crippen LogP contribution >= 0.6 is 11.6 Å². The molecule has 0 bridgehead atoms. The summed E-state index contributed by atoms with van der Waals surface area (Å²) in [7, 11) is -3.49. The summed E-state index contributed by atoms with van der Waals surface area (Å²) in [5.41, 5.74) is 6.98. The van der Waals surface area contributed by atoms with Crippen molar-refractivity contribution in [2.24, 2.45) is 0 Å². The van der Waals surface area contributed by atoms with Gasteiger partial charge in [-0.15, -0.1) is 0 Å². The number of sulfonamides is 1. The van der Waals surface area contributed by atoms with E-state index in [1.807, 2.05) is 0 Å². The highest BCUT2D eigenvalue weighted by molar-refractivity contribution is 7.89. The molecule has 2 rings (SSSR count). The lowest BCUT2D eigenvalue weighted by Gasteiger charge is -2.17. The third-order valence-corrected chi connectivity index (χ3v) is 5.37. The molecule has 94 valence electrons. The Kier molecular flexibility index (Phi) is 3.34. The molecule has 1 aromatic carbocycles. The summed E-state index contributed by atoms with van der Waals surface area (Å²) in [6.45, 7) is 2.92. The van der Waals surface area contributed by atoms with E-state index in [1.54, 1.807) is 13.0 Å². The molecule has 0 aliphatic carbocycles. The van der Waals surface area contributed by atoms with Gasteiger partial charge in [-0.25, -0.2) is 8.42 Å². The molecule has 1 fully saturated rings. The monoisotopic (exact) mass is 274 g/mol. The second-order valence-corrected chi connectivity index (χ2v) is 6.56. The van der Waals surface area contributed by atoms with Crippen LogP contribution in [-0.4, -0.2) is 25.8 Å². The molecule has 4 nitrogen and oxygen atoms in total. The van der Waals surface area contributed by atoms with Gasteiger partial charge in [0, 0.05) is 18.8 Å². The van der Waals surface area contributed by atoms with Gasteiger partial charge in [-0.3, -0.25) is 0 Å². The van der Waals surface area contributed by atoms with Crippen molar-refractivity contribution in [1.82, 2.24) is 4.31 Å². The molecule has 1 aliphatic rings. The molecular formula is C11H15ClN2O2S. The fourth-order valence-electron chi connectivity index (χ4n) is 1.93. The highest BCUT2D eigenvalue weighted by atomic mass is 35.5. The van der Waals surface area contributed by atoms with Gasteiger partial charge < -0.3 is 5.73 Å². The summed E-state index contributed by atoms with van der Waals surface area (Å²) < 4.78 is 26.1. The molecule has 0 aromatic heterocycles. The fourth-order valence-corrected chi connectivity index (χ4v) is 4.04. The molecule has 0 amide bonds. The highest BCUT2D eigenvalue weighted by Crippen LogP contribution is 2.30. The van der Waals surface area contributed by atoms with Crippen molar-refractivity contribution in [2.45, 2.75) is 24.7 Å². The number of nitrogens with two attached hydrogens (primary N) is 1. The Hall–Kier alpha value is -0.780. The molecule has 0 saturated carbocycles. The Bertz CT molecular complexity index is 537. The molecule has 0 spiro atoms. The number of nitrogen functional groups attached to an aromatic ring is 1. The van der Waals surface area contributed by atoms with E-state index in [2.05, 4.69) is 0 Å². The highest BCUT2D eigenvalue weighted by Gasteiger charge is 2.29. The van der Waals surface area contributed by atoms with Gasteiger partial charge >= 0.3 is 0 Å². The second-order valence-electron chi connectivity index (χ2n) is 4.25. The van der Waals surface area contributed by atoms with Gasteiger partial charge in [-0.1, -0.05) is 11.6 Å². The zero-order valence-corrected chi connectivity index (χ0v) is 11.2. The first-order valence-corrected chi connectivity index (χ1v) is 7.30. The Balaban J connectivity index is 2.49. The van der Waals surface area contributed by atoms with E-state index < -0.39 is 10.0 Å². The van der Waals surface area contributed by atoms with Crippen LogP contribution in [0.2, 0.25) is 5.02 Å². The standard InChI is InChI=1S/C11H15ClN2O2S/c1-8-6-9(12)11(7-10(8)13)17(15,16)14-4-2-3-5-14/h6-7H,2-5,13H2,1H3. The van der Waals surface area contributed by atoms with E-state index >= 15 is 0 Å². The summed E-state index contributed by atoms with van der Waals surface area (Å²) in [6, 6.07) is 3.05. The van der Waals surface area contributed by atoms with Crippen molar-refractivity contribution >= 4 is 27.3 Å². The van der Waals surface area contributed by atoms with Crippen LogP contribution in [0.15, 0.2) is 17.0 Å². The number of rotatable bonds is 2. The summed E-state index contributed by atoms with van der Waals surface area (Å²) in [5, 5.41) is 0.239. The van der Waals surface area contributed by atoms with Gasteiger partial charge in [0.1, 0.15) is 4.90 Å². The quantitative estimate of drug-likeness (QED) is 0.839. The van der Waals surface area contributed by atoms with Crippen molar-refractivity contribution in [3.8, 4) is 0 Å². The second kappa shape index (κ2) is 4.48. The predicted molar refractivity (Wildman–Crippen MR) is 68.6 cm³/mol. The van der Waals surface area contributed by atoms with Crippen LogP contribution in [0.1, 0.15) is 18.4 Å². The Morgan fingerprint density at radius 2 is 1.88 bits per heavy atom. The van der Waals surface area contributed by atoms with Crippen molar-refractivity contribution in [1.29, 1.82) is 0 Å². The van der Waals surface area contributed by atoms with Gasteiger partial charge in [0.25, 0.3) is 0 Å². The Morgan fingerprint density at radius 3 is 2.47 bits per heavy atom. The summed E-state index contributed by atoms with van der Waals surface area (Å²) in [5.74, 6) is 0. The van der Waals surface area contributed by atoms with Gasteiger partial charge in [0.05, 0.1) is 5.02 Å². The van der Waals surface area contributed by atoms with E-state index in [0.29, 0.717) is 18.8 Å². The number of hydrogen-bond donors (Lipinski definition) is 1. The van der Waals surface area contributed by atoms with Crippen LogP contribution in [0.4, 0.5) is 5.69 Å². The van der Waals surface area contributed by atoms with E-state index in [9.17, 15) is 8.42 Å². The topological polar surface area (TPSA) is 63.4 Å². The van der Waals surface area contributed by atoms with Gasteiger partial charge in [0.2, 0.25) is 10.0 Å². The number of halogens is 1. The maximum absolute atomic E-state index is 12.3. The van der Waals surface area contributed by atoms with Crippen LogP contribution in [0, 0.1) is 6.92 Å². The number of nitrogens with zero attached hydrogens (tertiary/aromatic N) is 1. The average Bonchev–Trinajstić information content (AvgIpc) is 2.77. The molecular weight excluding hydrogens is 260 g/mol. The summed E-state index contributed by atoms with van der Waals surface area (Å²) in [6.07, 6.45) is 1.80. The maximum Gasteiger partial charge on any atom is 0.244 e. The zero-order chi connectivity index (χ0) is 12.6. The molecule has 1 saturated heterocycles. The van der Waals surface area contributed by atoms with Crippen LogP contribution in [-0.2, 0) is 10.0 Å². The smallest absolute Gasteiger partial charge is 0.244 e. The lowest BCUT2D eigenvalue weighted by Crippen LogP contribution is -2.28. The SMILES string of the molecule is Cc1cc(Cl)c(S(=O)(=O)N2CCCC2)cc1N. The molecule has 1 aromatic rings. The van der Waals surface area contributed by atoms with E-state index in [1.165, 1.54) is 10.4 Å². The normalized spacial score (nSPS) is 17.5. The molecule has 17 heavy (non-hydrogen) atoms. The third kappa shape index (κ3) is 2.27. The average molecular weight is 275 g/mol. The van der Waals surface area contributed by atoms with Crippen molar-refractivity contribution in [3.05, 3.63) is 22.7 Å². The fraction of sp³-hybridized carbons (Fsp3) is 0.455. The first kappa shape index (κ1) is 12.7. The van der Waals surface area contributed by atoms with Crippen molar-refractivity contribution < 1.29 is 8.42 Å². The van der Waals surface area contributed by atoms with E-state index in [-0.39, 0.29) is 9.92 Å². The molecule has 1 heterocycles. The lowest BCUT2D eigenvalue weighted by atomic mass is 10.2. The number of anilines is 1. The minimum Gasteiger partial charge on any atom is -0.398 e. The largest absolute Gasteiger partial charge is 0.398 e. The first-order chi connectivity index (χ1) is 7.93. The number of benzene rings is 1. The molecule has 0 radical (unpaired) electrons. The van der Waals surface area contributed by atoms with E-state index in [0.717, 1.165) is 18.4 Å². The molecule has 0 unspecified atom stereocenters. The molecule has 0 atom stereocenters. The molecule has 6 heteroatoms. The number of hydrogen-bond acceptors (Lipinski definition) is 3. The van der Waals surface area contributed by atoms with Crippen LogP contribution < -0.4 is 5.73 Å². The predicted octanol–water partition coefficient (Wildman–Crippen LogP) is 2.02. The molecule has 2 N–H and O–H groups in total. The number of aryl methyl sites for hydroxylation is 1. The maximum atomic E-state index is 12.3. The zero-order valence-electron chi connectivity index (χ0n) is 9.61. The van der Waals surface area contributed by atoms with Crippen LogP contribution in [0.3, 0.4) is 0 Å². The minimum absolute atomic E-state index is 0.115.